The lowest BCUT2D eigenvalue weighted by Gasteiger charge is -2.36. The Morgan fingerprint density at radius 2 is 1.48 bits per heavy atom. The van der Waals surface area contributed by atoms with Crippen molar-refractivity contribution in [3.05, 3.63) is 126 Å². The summed E-state index contributed by atoms with van der Waals surface area (Å²) in [5, 5.41) is 21.7. The number of oxazole rings is 1. The number of hydrogen-bond acceptors (Lipinski definition) is 8. The summed E-state index contributed by atoms with van der Waals surface area (Å²) in [4.78, 5) is 27.9. The van der Waals surface area contributed by atoms with Gasteiger partial charge in [-0.15, -0.1) is 0 Å². The van der Waals surface area contributed by atoms with E-state index in [2.05, 4.69) is 5.32 Å². The van der Waals surface area contributed by atoms with E-state index in [1.165, 1.54) is 11.8 Å². The van der Waals surface area contributed by atoms with E-state index >= 15 is 0 Å². The summed E-state index contributed by atoms with van der Waals surface area (Å²) in [6.45, 7) is -0.0364. The van der Waals surface area contributed by atoms with E-state index in [9.17, 15) is 14.7 Å². The van der Waals surface area contributed by atoms with Crippen molar-refractivity contribution in [1.29, 1.82) is 0 Å². The summed E-state index contributed by atoms with van der Waals surface area (Å²) in [7, 11) is 0. The van der Waals surface area contributed by atoms with Gasteiger partial charge in [0.25, 0.3) is 5.22 Å². The molecule has 5 aromatic rings. The molecule has 4 aromatic carbocycles. The largest absolute Gasteiger partial charge is 0.481 e. The zero-order valence-electron chi connectivity index (χ0n) is 26.2. The second kappa shape index (κ2) is 15.9. The van der Waals surface area contributed by atoms with Crippen LogP contribution in [0.4, 0.5) is 5.69 Å². The molecule has 0 spiro atoms. The van der Waals surface area contributed by atoms with Crippen molar-refractivity contribution < 1.29 is 33.7 Å². The highest BCUT2D eigenvalue weighted by atomic mass is 32.2. The lowest BCUT2D eigenvalue weighted by molar-refractivity contribution is -0.245. The van der Waals surface area contributed by atoms with Crippen LogP contribution in [0.3, 0.4) is 0 Å². The number of nitrogens with one attached hydrogen (secondary N) is 1. The van der Waals surface area contributed by atoms with Gasteiger partial charge in [-0.1, -0.05) is 109 Å². The Balaban J connectivity index is 1.19. The maximum absolute atomic E-state index is 12.3. The highest BCUT2D eigenvalue weighted by molar-refractivity contribution is 7.99. The monoisotopic (exact) mass is 664 g/mol. The van der Waals surface area contributed by atoms with E-state index in [1.54, 1.807) is 12.1 Å². The van der Waals surface area contributed by atoms with E-state index in [0.29, 0.717) is 28.8 Å². The number of nitrogens with zero attached hydrogens (tertiary/aromatic N) is 1. The number of aliphatic hydroxyl groups is 1. The fraction of sp³-hybridized carbons (Fsp3) is 0.237. The Morgan fingerprint density at radius 3 is 2.15 bits per heavy atom. The van der Waals surface area contributed by atoms with Crippen LogP contribution in [0.5, 0.6) is 0 Å². The van der Waals surface area contributed by atoms with Crippen molar-refractivity contribution in [3.63, 3.8) is 0 Å². The lowest BCUT2D eigenvalue weighted by atomic mass is 10.0. The minimum absolute atomic E-state index is 0.0364. The number of carboxylic acid groups (broad SMARTS) is 1. The van der Waals surface area contributed by atoms with Crippen LogP contribution < -0.4 is 5.32 Å². The van der Waals surface area contributed by atoms with Gasteiger partial charge < -0.3 is 29.4 Å². The molecule has 2 heterocycles. The zero-order chi connectivity index (χ0) is 33.3. The number of carbonyl (C=O) groups excluding carboxylic acids is 1. The van der Waals surface area contributed by atoms with Crippen molar-refractivity contribution >= 4 is 29.3 Å². The number of benzene rings is 4. The van der Waals surface area contributed by atoms with E-state index in [1.807, 2.05) is 97.1 Å². The molecule has 1 aromatic heterocycles. The zero-order valence-corrected chi connectivity index (χ0v) is 27.0. The molecule has 10 heteroatoms. The summed E-state index contributed by atoms with van der Waals surface area (Å²) in [5.74, 6) is 0.118. The molecule has 0 aliphatic carbocycles. The third-order valence-electron chi connectivity index (χ3n) is 7.96. The van der Waals surface area contributed by atoms with Gasteiger partial charge in [0.1, 0.15) is 5.69 Å². The molecule has 0 saturated carbocycles. The van der Waals surface area contributed by atoms with Gasteiger partial charge in [0.05, 0.1) is 18.8 Å². The van der Waals surface area contributed by atoms with Gasteiger partial charge in [-0.25, -0.2) is 4.98 Å². The molecule has 1 fully saturated rings. The van der Waals surface area contributed by atoms with E-state index in [0.717, 1.165) is 33.5 Å². The van der Waals surface area contributed by atoms with E-state index < -0.39 is 12.3 Å². The van der Waals surface area contributed by atoms with E-state index in [-0.39, 0.29) is 44.0 Å². The Kier molecular flexibility index (Phi) is 11.0. The van der Waals surface area contributed by atoms with Gasteiger partial charge in [0.15, 0.2) is 12.1 Å². The van der Waals surface area contributed by atoms with Crippen molar-refractivity contribution in [1.82, 2.24) is 4.98 Å². The number of aromatic nitrogens is 1. The van der Waals surface area contributed by atoms with Crippen molar-refractivity contribution in [2.75, 3.05) is 11.1 Å². The second-order valence-corrected chi connectivity index (χ2v) is 12.4. The molecule has 1 aliphatic rings. The number of thioether (sulfide) groups is 1. The minimum Gasteiger partial charge on any atom is -0.481 e. The first-order chi connectivity index (χ1) is 23.4. The smallest absolute Gasteiger partial charge is 0.303 e. The Hall–Kier alpha value is -4.74. The summed E-state index contributed by atoms with van der Waals surface area (Å²) < 4.78 is 19.3. The molecule has 0 bridgehead atoms. The summed E-state index contributed by atoms with van der Waals surface area (Å²) in [6.07, 6.45) is -0.191. The molecule has 3 N–H and O–H groups in total. The number of ether oxygens (including phenoxy) is 2. The average Bonchev–Trinajstić information content (AvgIpc) is 3.56. The van der Waals surface area contributed by atoms with E-state index in [4.69, 9.17) is 24.0 Å². The lowest BCUT2D eigenvalue weighted by Crippen LogP contribution is -2.31. The molecule has 246 valence electrons. The van der Waals surface area contributed by atoms with Gasteiger partial charge in [-0.05, 0) is 29.7 Å². The molecule has 9 nitrogen and oxygen atoms in total. The Labute approximate surface area is 282 Å². The third-order valence-corrected chi connectivity index (χ3v) is 8.92. The summed E-state index contributed by atoms with van der Waals surface area (Å²) >= 11 is 1.49. The first kappa shape index (κ1) is 33.2. The fourth-order valence-corrected chi connectivity index (χ4v) is 6.31. The SMILES string of the molecule is O=C(O)CCCC(=O)Nc1ccc(C2OC(CSc3nc(-c4ccccc4)c(-c4ccccc4)o3)CC(c3ccc(CO)cc3)O2)cc1. The molecule has 3 unspecified atom stereocenters. The van der Waals surface area contributed by atoms with Crippen LogP contribution >= 0.6 is 11.8 Å². The van der Waals surface area contributed by atoms with Crippen LogP contribution in [0.2, 0.25) is 0 Å². The molecule has 1 aliphatic heterocycles. The number of anilines is 1. The second-order valence-electron chi connectivity index (χ2n) is 11.5. The van der Waals surface area contributed by atoms with Crippen LogP contribution in [0.1, 0.15) is 54.8 Å². The minimum atomic E-state index is -0.923. The Bertz CT molecular complexity index is 1740. The highest BCUT2D eigenvalue weighted by Crippen LogP contribution is 2.41. The van der Waals surface area contributed by atoms with Gasteiger partial charge in [0, 0.05) is 47.4 Å². The number of aliphatic hydroxyl groups excluding tert-OH is 1. The molecule has 3 atom stereocenters. The summed E-state index contributed by atoms with van der Waals surface area (Å²) in [5.41, 5.74) is 5.90. The van der Waals surface area contributed by atoms with Gasteiger partial charge in [-0.3, -0.25) is 9.59 Å². The van der Waals surface area contributed by atoms with Gasteiger partial charge >= 0.3 is 5.97 Å². The average molecular weight is 665 g/mol. The van der Waals surface area contributed by atoms with Crippen LogP contribution in [-0.2, 0) is 25.7 Å². The predicted molar refractivity (Wildman–Crippen MR) is 183 cm³/mol. The topological polar surface area (TPSA) is 131 Å². The van der Waals surface area contributed by atoms with Gasteiger partial charge in [0.2, 0.25) is 5.91 Å². The maximum atomic E-state index is 12.3. The molecule has 48 heavy (non-hydrogen) atoms. The first-order valence-corrected chi connectivity index (χ1v) is 16.8. The molecule has 1 amide bonds. The quantitative estimate of drug-likeness (QED) is 0.107. The molecular formula is C38H36N2O7S. The van der Waals surface area contributed by atoms with Crippen molar-refractivity contribution in [2.24, 2.45) is 0 Å². The van der Waals surface area contributed by atoms with Crippen LogP contribution in [-0.4, -0.2) is 38.9 Å². The van der Waals surface area contributed by atoms with Crippen LogP contribution in [0.15, 0.2) is 119 Å². The number of amides is 1. The third kappa shape index (κ3) is 8.59. The number of hydrogen-bond donors (Lipinski definition) is 3. The van der Waals surface area contributed by atoms with Crippen molar-refractivity contribution in [2.45, 2.75) is 56.0 Å². The molecule has 0 radical (unpaired) electrons. The Morgan fingerprint density at radius 1 is 0.812 bits per heavy atom. The van der Waals surface area contributed by atoms with Crippen molar-refractivity contribution in [3.8, 4) is 22.6 Å². The maximum Gasteiger partial charge on any atom is 0.303 e. The first-order valence-electron chi connectivity index (χ1n) is 15.8. The highest BCUT2D eigenvalue weighted by Gasteiger charge is 2.33. The normalized spacial score (nSPS) is 17.6. The fourth-order valence-electron chi connectivity index (χ4n) is 5.47. The number of carboxylic acids is 1. The molecule has 1 saturated heterocycles. The molecular weight excluding hydrogens is 628 g/mol. The van der Waals surface area contributed by atoms with Crippen LogP contribution in [0.25, 0.3) is 22.6 Å². The number of rotatable bonds is 13. The molecule has 6 rings (SSSR count). The van der Waals surface area contributed by atoms with Gasteiger partial charge in [-0.2, -0.15) is 0 Å². The summed E-state index contributed by atoms with van der Waals surface area (Å²) in [6, 6.07) is 34.9. The number of carbonyl (C=O) groups is 2. The van der Waals surface area contributed by atoms with Crippen LogP contribution in [0, 0.1) is 0 Å². The number of aliphatic carboxylic acids is 1. The standard InChI is InChI=1S/C38H36N2O7S/c41-23-25-14-16-26(17-15-25)32-22-31(45-37(46-32)29-18-20-30(21-19-29)39-33(42)12-7-13-34(43)44)24-48-38-40-35(27-8-3-1-4-9-27)36(47-38)28-10-5-2-6-11-28/h1-6,8-11,14-21,31-32,37,41H,7,12-13,22-24H2,(H,39,42)(H,43,44). The predicted octanol–water partition coefficient (Wildman–Crippen LogP) is 8.03.